The molecule has 18 heavy (non-hydrogen) atoms. The molecule has 2 fully saturated rings. The van der Waals surface area contributed by atoms with Gasteiger partial charge in [-0.3, -0.25) is 4.90 Å². The van der Waals surface area contributed by atoms with Gasteiger partial charge in [-0.15, -0.1) is 0 Å². The number of benzene rings is 1. The predicted octanol–water partition coefficient (Wildman–Crippen LogP) is 3.36. The largest absolute Gasteiger partial charge is 0.370 e. The summed E-state index contributed by atoms with van der Waals surface area (Å²) in [7, 11) is 0. The molecule has 0 saturated carbocycles. The van der Waals surface area contributed by atoms with Crippen LogP contribution in [0.3, 0.4) is 0 Å². The van der Waals surface area contributed by atoms with Crippen LogP contribution in [0, 0.1) is 3.57 Å². The van der Waals surface area contributed by atoms with Crippen molar-refractivity contribution >= 4 is 28.3 Å². The molecule has 3 heteroatoms. The van der Waals surface area contributed by atoms with E-state index in [1.807, 2.05) is 0 Å². The summed E-state index contributed by atoms with van der Waals surface area (Å²) >= 11 is 2.38. The lowest BCUT2D eigenvalue weighted by molar-refractivity contribution is 0.162. The van der Waals surface area contributed by atoms with Gasteiger partial charge in [-0.25, -0.2) is 0 Å². The van der Waals surface area contributed by atoms with Gasteiger partial charge in [0.2, 0.25) is 0 Å². The molecule has 98 valence electrons. The lowest BCUT2D eigenvalue weighted by atomic mass is 10.0. The summed E-state index contributed by atoms with van der Waals surface area (Å²) in [5.41, 5.74) is 1.41. The molecule has 1 unspecified atom stereocenters. The minimum absolute atomic E-state index is 0.792. The first-order valence-electron chi connectivity index (χ1n) is 7.07. The van der Waals surface area contributed by atoms with E-state index >= 15 is 0 Å². The second-order valence-electron chi connectivity index (χ2n) is 5.46. The molecule has 0 aliphatic carbocycles. The van der Waals surface area contributed by atoms with Crippen LogP contribution < -0.4 is 4.90 Å². The molecule has 1 atom stereocenters. The highest BCUT2D eigenvalue weighted by Crippen LogP contribution is 2.24. The van der Waals surface area contributed by atoms with Crippen LogP contribution in [0.15, 0.2) is 24.3 Å². The fraction of sp³-hybridized carbons (Fsp3) is 0.600. The molecule has 2 aliphatic rings. The van der Waals surface area contributed by atoms with Crippen LogP contribution in [0.5, 0.6) is 0 Å². The number of nitrogens with zero attached hydrogens (tertiary/aromatic N) is 2. The first-order valence-corrected chi connectivity index (χ1v) is 8.15. The van der Waals surface area contributed by atoms with Gasteiger partial charge in [0.15, 0.2) is 0 Å². The molecule has 2 aliphatic heterocycles. The Kier molecular flexibility index (Phi) is 4.09. The molecule has 2 heterocycles. The van der Waals surface area contributed by atoms with Crippen molar-refractivity contribution in [2.75, 3.05) is 31.1 Å². The summed E-state index contributed by atoms with van der Waals surface area (Å²) in [4.78, 5) is 5.31. The van der Waals surface area contributed by atoms with Gasteiger partial charge >= 0.3 is 0 Å². The van der Waals surface area contributed by atoms with E-state index in [4.69, 9.17) is 0 Å². The van der Waals surface area contributed by atoms with E-state index in [2.05, 4.69) is 56.7 Å². The average molecular weight is 356 g/mol. The predicted molar refractivity (Wildman–Crippen MR) is 85.2 cm³/mol. The van der Waals surface area contributed by atoms with Crippen molar-refractivity contribution in [3.63, 3.8) is 0 Å². The minimum atomic E-state index is 0.792. The van der Waals surface area contributed by atoms with Gasteiger partial charge in [-0.2, -0.15) is 0 Å². The number of piperidine rings is 1. The fourth-order valence-electron chi connectivity index (χ4n) is 3.26. The Bertz CT molecular complexity index is 390. The molecule has 0 spiro atoms. The Hall–Kier alpha value is -0.290. The summed E-state index contributed by atoms with van der Waals surface area (Å²) in [6.45, 7) is 5.06. The highest BCUT2D eigenvalue weighted by Gasteiger charge is 2.26. The molecule has 1 aromatic carbocycles. The van der Waals surface area contributed by atoms with Gasteiger partial charge in [-0.1, -0.05) is 6.42 Å². The molecular formula is C15H21IN2. The topological polar surface area (TPSA) is 6.48 Å². The number of hydrogen-bond acceptors (Lipinski definition) is 2. The van der Waals surface area contributed by atoms with Crippen molar-refractivity contribution in [1.82, 2.24) is 4.90 Å². The van der Waals surface area contributed by atoms with Gasteiger partial charge in [-0.05, 0) is 72.7 Å². The first kappa shape index (κ1) is 12.7. The van der Waals surface area contributed by atoms with Gasteiger partial charge in [0.05, 0.1) is 0 Å². The highest BCUT2D eigenvalue weighted by molar-refractivity contribution is 14.1. The summed E-state index contributed by atoms with van der Waals surface area (Å²) < 4.78 is 1.32. The van der Waals surface area contributed by atoms with E-state index in [1.54, 1.807) is 0 Å². The first-order chi connectivity index (χ1) is 8.83. The smallest absolute Gasteiger partial charge is 0.0367 e. The second-order valence-corrected chi connectivity index (χ2v) is 6.71. The minimum Gasteiger partial charge on any atom is -0.370 e. The van der Waals surface area contributed by atoms with E-state index in [1.165, 1.54) is 61.1 Å². The Morgan fingerprint density at radius 3 is 2.56 bits per heavy atom. The lowest BCUT2D eigenvalue weighted by Crippen LogP contribution is -2.44. The standard InChI is InChI=1S/C15H21IN2/c16-13-5-7-14(8-6-13)18-11-3-10-17-9-2-1-4-15(17)12-18/h5-8,15H,1-4,9-12H2. The van der Waals surface area contributed by atoms with Crippen LogP contribution in [0.2, 0.25) is 0 Å². The van der Waals surface area contributed by atoms with E-state index in [0.29, 0.717) is 0 Å². The Morgan fingerprint density at radius 2 is 1.72 bits per heavy atom. The number of rotatable bonds is 1. The summed E-state index contributed by atoms with van der Waals surface area (Å²) in [6.07, 6.45) is 5.52. The van der Waals surface area contributed by atoms with Crippen LogP contribution in [0.1, 0.15) is 25.7 Å². The van der Waals surface area contributed by atoms with Crippen LogP contribution >= 0.6 is 22.6 Å². The maximum absolute atomic E-state index is 2.72. The lowest BCUT2D eigenvalue weighted by Gasteiger charge is -2.35. The van der Waals surface area contributed by atoms with Crippen molar-refractivity contribution in [2.24, 2.45) is 0 Å². The van der Waals surface area contributed by atoms with E-state index in [-0.39, 0.29) is 0 Å². The van der Waals surface area contributed by atoms with Crippen molar-refractivity contribution < 1.29 is 0 Å². The third kappa shape index (κ3) is 2.82. The quantitative estimate of drug-likeness (QED) is 0.712. The zero-order valence-corrected chi connectivity index (χ0v) is 13.0. The third-order valence-corrected chi connectivity index (χ3v) is 4.96. The van der Waals surface area contributed by atoms with Gasteiger partial charge < -0.3 is 4.90 Å². The van der Waals surface area contributed by atoms with Crippen molar-refractivity contribution in [3.8, 4) is 0 Å². The third-order valence-electron chi connectivity index (χ3n) is 4.25. The van der Waals surface area contributed by atoms with E-state index < -0.39 is 0 Å². The maximum atomic E-state index is 2.72. The number of anilines is 1. The molecule has 0 aromatic heterocycles. The molecule has 1 aromatic rings. The summed E-state index contributed by atoms with van der Waals surface area (Å²) in [5, 5.41) is 0. The number of halogens is 1. The molecule has 0 radical (unpaired) electrons. The van der Waals surface area contributed by atoms with Crippen molar-refractivity contribution in [3.05, 3.63) is 27.8 Å². The zero-order chi connectivity index (χ0) is 12.4. The van der Waals surface area contributed by atoms with E-state index in [9.17, 15) is 0 Å². The Morgan fingerprint density at radius 1 is 0.944 bits per heavy atom. The monoisotopic (exact) mass is 356 g/mol. The second kappa shape index (κ2) is 5.78. The van der Waals surface area contributed by atoms with Crippen molar-refractivity contribution in [2.45, 2.75) is 31.7 Å². The fourth-order valence-corrected chi connectivity index (χ4v) is 3.62. The molecule has 0 bridgehead atoms. The van der Waals surface area contributed by atoms with Crippen LogP contribution in [-0.4, -0.2) is 37.1 Å². The Labute approximate surface area is 123 Å². The molecule has 0 amide bonds. The van der Waals surface area contributed by atoms with Gasteiger partial charge in [0.25, 0.3) is 0 Å². The van der Waals surface area contributed by atoms with Gasteiger partial charge in [0.1, 0.15) is 0 Å². The SMILES string of the molecule is Ic1ccc(N2CCCN3CCCCC3C2)cc1. The van der Waals surface area contributed by atoms with Crippen LogP contribution in [-0.2, 0) is 0 Å². The van der Waals surface area contributed by atoms with Gasteiger partial charge in [0, 0.05) is 34.9 Å². The highest BCUT2D eigenvalue weighted by atomic mass is 127. The molecule has 3 rings (SSSR count). The van der Waals surface area contributed by atoms with Crippen LogP contribution in [0.25, 0.3) is 0 Å². The number of hydrogen-bond donors (Lipinski definition) is 0. The zero-order valence-electron chi connectivity index (χ0n) is 10.8. The molecule has 2 nitrogen and oxygen atoms in total. The molecule has 2 saturated heterocycles. The maximum Gasteiger partial charge on any atom is 0.0367 e. The average Bonchev–Trinajstić information content (AvgIpc) is 2.61. The molecule has 0 N–H and O–H groups in total. The normalized spacial score (nSPS) is 25.6. The number of fused-ring (bicyclic) bond motifs is 1. The van der Waals surface area contributed by atoms with E-state index in [0.717, 1.165) is 6.04 Å². The molecular weight excluding hydrogens is 335 g/mol. The van der Waals surface area contributed by atoms with Crippen LogP contribution in [0.4, 0.5) is 5.69 Å². The Balaban J connectivity index is 1.74. The van der Waals surface area contributed by atoms with Crippen molar-refractivity contribution in [1.29, 1.82) is 0 Å². The summed E-state index contributed by atoms with van der Waals surface area (Å²) in [6, 6.07) is 9.79. The summed E-state index contributed by atoms with van der Waals surface area (Å²) in [5.74, 6) is 0.